The molecule has 110 valence electrons. The van der Waals surface area contributed by atoms with Crippen LogP contribution in [0.4, 0.5) is 5.82 Å². The molecule has 1 N–H and O–H groups in total. The smallest absolute Gasteiger partial charge is 0.254 e. The number of hydrogen-bond donors (Lipinski definition) is 1. The highest BCUT2D eigenvalue weighted by Crippen LogP contribution is 2.16. The number of amides is 1. The second-order valence-electron chi connectivity index (χ2n) is 5.52. The Balaban J connectivity index is 2.20. The molecule has 5 nitrogen and oxygen atoms in total. The minimum absolute atomic E-state index is 0.107. The van der Waals surface area contributed by atoms with Crippen LogP contribution in [-0.2, 0) is 0 Å². The fourth-order valence-electron chi connectivity index (χ4n) is 2.67. The molecule has 0 aliphatic carbocycles. The maximum Gasteiger partial charge on any atom is 0.254 e. The van der Waals surface area contributed by atoms with E-state index in [1.54, 1.807) is 0 Å². The Bertz CT molecular complexity index is 489. The summed E-state index contributed by atoms with van der Waals surface area (Å²) < 4.78 is 0. The number of carbonyl (C=O) groups is 1. The highest BCUT2D eigenvalue weighted by Gasteiger charge is 2.26. The van der Waals surface area contributed by atoms with Gasteiger partial charge in [0.1, 0.15) is 5.82 Å². The molecule has 1 aromatic rings. The molecule has 1 unspecified atom stereocenters. The molecule has 1 atom stereocenters. The molecule has 0 spiro atoms. The fraction of sp³-hybridized carbons (Fsp3) is 0.600. The summed E-state index contributed by atoms with van der Waals surface area (Å²) in [5.74, 6) is 0.882. The number of pyridine rings is 1. The average Bonchev–Trinajstić information content (AvgIpc) is 2.37. The van der Waals surface area contributed by atoms with Gasteiger partial charge in [0.2, 0.25) is 0 Å². The molecule has 0 bridgehead atoms. The van der Waals surface area contributed by atoms with E-state index >= 15 is 0 Å². The van der Waals surface area contributed by atoms with Crippen LogP contribution >= 0.6 is 0 Å². The van der Waals surface area contributed by atoms with Gasteiger partial charge in [-0.25, -0.2) is 4.98 Å². The van der Waals surface area contributed by atoms with Crippen molar-refractivity contribution >= 4 is 11.7 Å². The van der Waals surface area contributed by atoms with Gasteiger partial charge in [-0.15, -0.1) is 0 Å². The maximum atomic E-state index is 12.7. The van der Waals surface area contributed by atoms with Crippen molar-refractivity contribution in [3.63, 3.8) is 0 Å². The Morgan fingerprint density at radius 1 is 1.45 bits per heavy atom. The summed E-state index contributed by atoms with van der Waals surface area (Å²) in [7, 11) is 2.10. The predicted molar refractivity (Wildman–Crippen MR) is 81.1 cm³/mol. The molecule has 2 rings (SSSR count). The van der Waals surface area contributed by atoms with E-state index in [2.05, 4.69) is 29.2 Å². The van der Waals surface area contributed by atoms with Gasteiger partial charge >= 0.3 is 0 Å². The highest BCUT2D eigenvalue weighted by molar-refractivity contribution is 5.95. The van der Waals surface area contributed by atoms with Gasteiger partial charge in [0, 0.05) is 43.5 Å². The van der Waals surface area contributed by atoms with E-state index in [9.17, 15) is 4.79 Å². The van der Waals surface area contributed by atoms with Crippen LogP contribution in [0, 0.1) is 6.92 Å². The molecule has 1 amide bonds. The quantitative estimate of drug-likeness (QED) is 0.911. The molecule has 20 heavy (non-hydrogen) atoms. The van der Waals surface area contributed by atoms with Crippen LogP contribution in [0.5, 0.6) is 0 Å². The first-order valence-corrected chi connectivity index (χ1v) is 7.23. The number of likely N-dealkylation sites (N-methyl/N-ethyl adjacent to an activating group) is 1. The van der Waals surface area contributed by atoms with Crippen molar-refractivity contribution < 1.29 is 4.79 Å². The van der Waals surface area contributed by atoms with Crippen molar-refractivity contribution in [2.45, 2.75) is 26.8 Å². The molecule has 0 radical (unpaired) electrons. The molecule has 0 aromatic carbocycles. The molecule has 2 heterocycles. The van der Waals surface area contributed by atoms with Crippen molar-refractivity contribution in [2.75, 3.05) is 38.5 Å². The van der Waals surface area contributed by atoms with Crippen molar-refractivity contribution in [2.24, 2.45) is 0 Å². The van der Waals surface area contributed by atoms with Gasteiger partial charge < -0.3 is 15.1 Å². The molecule has 1 fully saturated rings. The number of rotatable bonds is 3. The normalized spacial score (nSPS) is 20.0. The summed E-state index contributed by atoms with van der Waals surface area (Å²) in [6.45, 7) is 9.49. The zero-order valence-corrected chi connectivity index (χ0v) is 12.8. The monoisotopic (exact) mass is 276 g/mol. The van der Waals surface area contributed by atoms with Gasteiger partial charge in [-0.2, -0.15) is 0 Å². The van der Waals surface area contributed by atoms with Crippen LogP contribution in [0.25, 0.3) is 0 Å². The van der Waals surface area contributed by atoms with E-state index in [-0.39, 0.29) is 11.9 Å². The van der Waals surface area contributed by atoms with Crippen LogP contribution in [0.2, 0.25) is 0 Å². The standard InChI is InChI=1S/C15H24N4O/c1-5-16-14-9-13(8-11(2)17-14)15(20)19-7-6-18(4)10-12(19)3/h8-9,12H,5-7,10H2,1-4H3,(H,16,17). The minimum Gasteiger partial charge on any atom is -0.370 e. The first-order chi connectivity index (χ1) is 9.51. The van der Waals surface area contributed by atoms with E-state index in [4.69, 9.17) is 0 Å². The summed E-state index contributed by atoms with van der Waals surface area (Å²) in [4.78, 5) is 21.3. The first kappa shape index (κ1) is 14.8. The molecule has 5 heteroatoms. The van der Waals surface area contributed by atoms with Crippen molar-refractivity contribution in [1.29, 1.82) is 0 Å². The van der Waals surface area contributed by atoms with E-state index in [0.29, 0.717) is 0 Å². The van der Waals surface area contributed by atoms with E-state index in [1.807, 2.05) is 30.9 Å². The number of nitrogens with one attached hydrogen (secondary N) is 1. The molecular formula is C15H24N4O. The SMILES string of the molecule is CCNc1cc(C(=O)N2CCN(C)CC2C)cc(C)n1. The van der Waals surface area contributed by atoms with Gasteiger partial charge in [0.15, 0.2) is 0 Å². The minimum atomic E-state index is 0.107. The Morgan fingerprint density at radius 2 is 2.20 bits per heavy atom. The van der Waals surface area contributed by atoms with Crippen molar-refractivity contribution in [3.8, 4) is 0 Å². The lowest BCUT2D eigenvalue weighted by Crippen LogP contribution is -2.52. The van der Waals surface area contributed by atoms with Gasteiger partial charge in [-0.3, -0.25) is 4.79 Å². The summed E-state index contributed by atoms with van der Waals surface area (Å²) in [6, 6.07) is 3.97. The third-order valence-electron chi connectivity index (χ3n) is 3.65. The van der Waals surface area contributed by atoms with Gasteiger partial charge in [0.05, 0.1) is 0 Å². The first-order valence-electron chi connectivity index (χ1n) is 7.23. The second-order valence-corrected chi connectivity index (χ2v) is 5.52. The largest absolute Gasteiger partial charge is 0.370 e. The summed E-state index contributed by atoms with van der Waals surface area (Å²) >= 11 is 0. The Kier molecular flexibility index (Phi) is 4.60. The number of piperazine rings is 1. The fourth-order valence-corrected chi connectivity index (χ4v) is 2.67. The molecular weight excluding hydrogens is 252 g/mol. The zero-order chi connectivity index (χ0) is 14.7. The third kappa shape index (κ3) is 3.28. The van der Waals surface area contributed by atoms with Gasteiger partial charge in [0.25, 0.3) is 5.91 Å². The van der Waals surface area contributed by atoms with E-state index in [0.717, 1.165) is 43.3 Å². The second kappa shape index (κ2) is 6.22. The van der Waals surface area contributed by atoms with E-state index in [1.165, 1.54) is 0 Å². The summed E-state index contributed by atoms with van der Waals surface area (Å²) in [5, 5.41) is 3.17. The molecule has 0 saturated carbocycles. The lowest BCUT2D eigenvalue weighted by Gasteiger charge is -2.38. The number of aromatic nitrogens is 1. The Hall–Kier alpha value is -1.62. The third-order valence-corrected chi connectivity index (χ3v) is 3.65. The topological polar surface area (TPSA) is 48.5 Å². The van der Waals surface area contributed by atoms with Crippen LogP contribution < -0.4 is 5.32 Å². The number of hydrogen-bond acceptors (Lipinski definition) is 4. The Labute approximate surface area is 121 Å². The number of aryl methyl sites for hydroxylation is 1. The average molecular weight is 276 g/mol. The lowest BCUT2D eigenvalue weighted by molar-refractivity contribution is 0.0533. The molecule has 1 aliphatic heterocycles. The lowest BCUT2D eigenvalue weighted by atomic mass is 10.1. The Morgan fingerprint density at radius 3 is 2.85 bits per heavy atom. The summed E-state index contributed by atoms with van der Waals surface area (Å²) in [5.41, 5.74) is 1.60. The highest BCUT2D eigenvalue weighted by atomic mass is 16.2. The van der Waals surface area contributed by atoms with Crippen molar-refractivity contribution in [3.05, 3.63) is 23.4 Å². The maximum absolute atomic E-state index is 12.7. The number of anilines is 1. The zero-order valence-electron chi connectivity index (χ0n) is 12.8. The van der Waals surface area contributed by atoms with Crippen LogP contribution in [0.1, 0.15) is 29.9 Å². The molecule has 1 aliphatic rings. The van der Waals surface area contributed by atoms with Crippen molar-refractivity contribution in [1.82, 2.24) is 14.8 Å². The van der Waals surface area contributed by atoms with E-state index < -0.39 is 0 Å². The van der Waals surface area contributed by atoms with Crippen LogP contribution in [-0.4, -0.2) is 60.0 Å². The molecule has 1 aromatic heterocycles. The van der Waals surface area contributed by atoms with Crippen LogP contribution in [0.3, 0.4) is 0 Å². The number of nitrogens with zero attached hydrogens (tertiary/aromatic N) is 3. The summed E-state index contributed by atoms with van der Waals surface area (Å²) in [6.07, 6.45) is 0. The number of carbonyl (C=O) groups excluding carboxylic acids is 1. The molecule has 1 saturated heterocycles. The van der Waals surface area contributed by atoms with Gasteiger partial charge in [-0.05, 0) is 40.0 Å². The van der Waals surface area contributed by atoms with Crippen LogP contribution in [0.15, 0.2) is 12.1 Å². The van der Waals surface area contributed by atoms with Gasteiger partial charge in [-0.1, -0.05) is 0 Å². The predicted octanol–water partition coefficient (Wildman–Crippen LogP) is 1.60.